The van der Waals surface area contributed by atoms with Crippen LogP contribution in [0.3, 0.4) is 0 Å². The van der Waals surface area contributed by atoms with Gasteiger partial charge in [-0.3, -0.25) is 9.79 Å². The van der Waals surface area contributed by atoms with Crippen molar-refractivity contribution >= 4 is 35.2 Å². The lowest BCUT2D eigenvalue weighted by molar-refractivity contribution is -0.118. The number of hydrogen-bond acceptors (Lipinski definition) is 6. The van der Waals surface area contributed by atoms with E-state index < -0.39 is 11.9 Å². The number of nitrogens with zero attached hydrogens (tertiary/aromatic N) is 3. The Morgan fingerprint density at radius 1 is 1.26 bits per heavy atom. The molecule has 8 heteroatoms. The molecule has 8 nitrogen and oxygen atoms in total. The van der Waals surface area contributed by atoms with E-state index in [1.807, 2.05) is 31.2 Å². The number of aromatic carboxylic acids is 1. The van der Waals surface area contributed by atoms with E-state index in [4.69, 9.17) is 5.90 Å². The Morgan fingerprint density at radius 2 is 1.96 bits per heavy atom. The molecule has 0 saturated carbocycles. The van der Waals surface area contributed by atoms with E-state index in [0.29, 0.717) is 11.4 Å². The molecule has 2 aromatic rings. The molecule has 1 amide bonds. The zero-order valence-electron chi connectivity index (χ0n) is 14.8. The van der Waals surface area contributed by atoms with Crippen LogP contribution in [-0.2, 0) is 4.79 Å². The van der Waals surface area contributed by atoms with Gasteiger partial charge in [-0.15, -0.1) is 0 Å². The highest BCUT2D eigenvalue weighted by atomic mass is 16.6. The smallest absolute Gasteiger partial charge is 0.338 e. The zero-order valence-corrected chi connectivity index (χ0v) is 14.8. The predicted octanol–water partition coefficient (Wildman–Crippen LogP) is 2.69. The first-order valence-corrected chi connectivity index (χ1v) is 8.14. The summed E-state index contributed by atoms with van der Waals surface area (Å²) in [7, 11) is 0. The van der Waals surface area contributed by atoms with E-state index in [0.717, 1.165) is 5.56 Å². The zero-order chi connectivity index (χ0) is 19.6. The van der Waals surface area contributed by atoms with Gasteiger partial charge < -0.3 is 9.94 Å². The third-order valence-corrected chi connectivity index (χ3v) is 4.16. The Hall–Kier alpha value is -3.52. The van der Waals surface area contributed by atoms with Crippen molar-refractivity contribution in [2.75, 3.05) is 5.01 Å². The monoisotopic (exact) mass is 366 g/mol. The van der Waals surface area contributed by atoms with E-state index in [1.54, 1.807) is 6.92 Å². The summed E-state index contributed by atoms with van der Waals surface area (Å²) in [6, 6.07) is 11.7. The summed E-state index contributed by atoms with van der Waals surface area (Å²) in [6.07, 6.45) is 1.40. The Morgan fingerprint density at radius 3 is 2.59 bits per heavy atom. The molecule has 0 spiro atoms. The number of amides is 1. The third-order valence-electron chi connectivity index (χ3n) is 4.16. The predicted molar refractivity (Wildman–Crippen MR) is 102 cm³/mol. The molecular weight excluding hydrogens is 348 g/mol. The largest absolute Gasteiger partial charge is 0.478 e. The molecular formula is C19H18N4O4. The number of carbonyl (C=O) groups is 2. The van der Waals surface area contributed by atoms with Gasteiger partial charge >= 0.3 is 5.97 Å². The number of carboxylic acid groups (broad SMARTS) is 1. The van der Waals surface area contributed by atoms with Crippen LogP contribution in [0.15, 0.2) is 52.6 Å². The number of hydrogen-bond donors (Lipinski definition) is 2. The lowest BCUT2D eigenvalue weighted by Gasteiger charge is -2.13. The minimum Gasteiger partial charge on any atom is -0.478 e. The van der Waals surface area contributed by atoms with Gasteiger partial charge in [0.2, 0.25) is 0 Å². The van der Waals surface area contributed by atoms with Crippen LogP contribution < -0.4 is 15.7 Å². The minimum atomic E-state index is -1.18. The van der Waals surface area contributed by atoms with Crippen LogP contribution in [0.2, 0.25) is 0 Å². The van der Waals surface area contributed by atoms with Gasteiger partial charge in [0.05, 0.1) is 22.6 Å². The molecule has 0 bridgehead atoms. The van der Waals surface area contributed by atoms with Crippen LogP contribution in [0.4, 0.5) is 11.4 Å². The molecule has 27 heavy (non-hydrogen) atoms. The standard InChI is InChI=1S/C19H18N4O4/c1-11-3-5-13(6-4-11)23-18(24)16(12(2)22-23)10-21-17-8-7-14(27-20)9-15(17)19(25)26/h3-10,16H,20H2,1-2H3,(H,25,26)/b21-10+. The van der Waals surface area contributed by atoms with Crippen LogP contribution in [0.1, 0.15) is 22.8 Å². The molecule has 3 rings (SSSR count). The molecule has 0 saturated heterocycles. The number of aliphatic imine (C=N–C) groups is 1. The number of aryl methyl sites for hydroxylation is 1. The van der Waals surface area contributed by atoms with Crippen LogP contribution in [0.5, 0.6) is 5.75 Å². The molecule has 0 aliphatic carbocycles. The number of rotatable bonds is 5. The van der Waals surface area contributed by atoms with Gasteiger partial charge in [0, 0.05) is 6.21 Å². The molecule has 0 fully saturated rings. The van der Waals surface area contributed by atoms with E-state index in [2.05, 4.69) is 14.9 Å². The van der Waals surface area contributed by atoms with Gasteiger partial charge in [0.1, 0.15) is 11.7 Å². The minimum absolute atomic E-state index is 0.0790. The lowest BCUT2D eigenvalue weighted by Crippen LogP contribution is -2.27. The summed E-state index contributed by atoms with van der Waals surface area (Å²) < 4.78 is 0. The van der Waals surface area contributed by atoms with Crippen molar-refractivity contribution in [3.05, 3.63) is 53.6 Å². The first-order valence-electron chi connectivity index (χ1n) is 8.14. The topological polar surface area (TPSA) is 118 Å². The normalized spacial score (nSPS) is 16.7. The third kappa shape index (κ3) is 3.70. The van der Waals surface area contributed by atoms with Crippen molar-refractivity contribution < 1.29 is 19.5 Å². The average Bonchev–Trinajstić information content (AvgIpc) is 2.94. The van der Waals surface area contributed by atoms with Gasteiger partial charge in [-0.2, -0.15) is 16.0 Å². The number of carbonyl (C=O) groups excluding carboxylic acids is 1. The summed E-state index contributed by atoms with van der Waals surface area (Å²) in [5.41, 5.74) is 2.43. The molecule has 1 unspecified atom stereocenters. The van der Waals surface area contributed by atoms with E-state index in [9.17, 15) is 14.7 Å². The van der Waals surface area contributed by atoms with E-state index in [1.165, 1.54) is 29.4 Å². The molecule has 1 heterocycles. The molecule has 138 valence electrons. The van der Waals surface area contributed by atoms with Gasteiger partial charge in [-0.25, -0.2) is 4.79 Å². The van der Waals surface area contributed by atoms with Crippen molar-refractivity contribution in [2.24, 2.45) is 21.9 Å². The maximum atomic E-state index is 12.7. The molecule has 1 aliphatic rings. The second-order valence-electron chi connectivity index (χ2n) is 6.08. The number of hydrazone groups is 1. The van der Waals surface area contributed by atoms with Crippen LogP contribution >= 0.6 is 0 Å². The van der Waals surface area contributed by atoms with Gasteiger partial charge in [-0.05, 0) is 44.2 Å². The molecule has 1 aliphatic heterocycles. The van der Waals surface area contributed by atoms with Crippen molar-refractivity contribution in [2.45, 2.75) is 13.8 Å². The first kappa shape index (κ1) is 18.3. The average molecular weight is 366 g/mol. The Kier molecular flexibility index (Phi) is 5.00. The molecule has 0 radical (unpaired) electrons. The number of carboxylic acids is 1. The molecule has 1 atom stereocenters. The fourth-order valence-electron chi connectivity index (χ4n) is 2.65. The Balaban J connectivity index is 1.86. The quantitative estimate of drug-likeness (QED) is 0.623. The van der Waals surface area contributed by atoms with Gasteiger partial charge in [0.25, 0.3) is 5.91 Å². The fourth-order valence-corrected chi connectivity index (χ4v) is 2.65. The van der Waals surface area contributed by atoms with Gasteiger partial charge in [-0.1, -0.05) is 17.7 Å². The lowest BCUT2D eigenvalue weighted by atomic mass is 10.1. The maximum absolute atomic E-state index is 12.7. The van der Waals surface area contributed by atoms with Gasteiger partial charge in [0.15, 0.2) is 0 Å². The Labute approximate surface area is 155 Å². The second-order valence-corrected chi connectivity index (χ2v) is 6.08. The number of benzene rings is 2. The maximum Gasteiger partial charge on any atom is 0.338 e. The second kappa shape index (κ2) is 7.38. The van der Waals surface area contributed by atoms with Crippen molar-refractivity contribution in [3.8, 4) is 5.75 Å². The van der Waals surface area contributed by atoms with Crippen LogP contribution in [0.25, 0.3) is 0 Å². The number of anilines is 1. The summed E-state index contributed by atoms with van der Waals surface area (Å²) in [4.78, 5) is 32.9. The molecule has 0 aromatic heterocycles. The SMILES string of the molecule is CC1=NN(c2ccc(C)cc2)C(=O)C1/C=N/c1ccc(ON)cc1C(=O)O. The summed E-state index contributed by atoms with van der Waals surface area (Å²) >= 11 is 0. The highest BCUT2D eigenvalue weighted by molar-refractivity contribution is 6.23. The molecule has 2 aromatic carbocycles. The number of nitrogens with two attached hydrogens (primary N) is 1. The van der Waals surface area contributed by atoms with Crippen molar-refractivity contribution in [1.29, 1.82) is 0 Å². The van der Waals surface area contributed by atoms with Crippen molar-refractivity contribution in [3.63, 3.8) is 0 Å². The van der Waals surface area contributed by atoms with E-state index >= 15 is 0 Å². The Bertz CT molecular complexity index is 951. The fraction of sp³-hybridized carbons (Fsp3) is 0.158. The van der Waals surface area contributed by atoms with Crippen molar-refractivity contribution in [1.82, 2.24) is 0 Å². The summed E-state index contributed by atoms with van der Waals surface area (Å²) in [5.74, 6) is 3.17. The van der Waals surface area contributed by atoms with Crippen LogP contribution in [-0.4, -0.2) is 28.9 Å². The highest BCUT2D eigenvalue weighted by Crippen LogP contribution is 2.27. The summed E-state index contributed by atoms with van der Waals surface area (Å²) in [6.45, 7) is 3.69. The first-order chi connectivity index (χ1) is 12.9. The highest BCUT2D eigenvalue weighted by Gasteiger charge is 2.33. The van der Waals surface area contributed by atoms with E-state index in [-0.39, 0.29) is 22.9 Å². The molecule has 3 N–H and O–H groups in total. The van der Waals surface area contributed by atoms with Crippen LogP contribution in [0, 0.1) is 12.8 Å². The summed E-state index contributed by atoms with van der Waals surface area (Å²) in [5, 5.41) is 15.0.